The van der Waals surface area contributed by atoms with Gasteiger partial charge in [0.15, 0.2) is 0 Å². The van der Waals surface area contributed by atoms with Gasteiger partial charge in [-0.1, -0.05) is 38.3 Å². The number of nitrogens with one attached hydrogen (secondary N) is 2. The van der Waals surface area contributed by atoms with Crippen molar-refractivity contribution in [3.63, 3.8) is 0 Å². The van der Waals surface area contributed by atoms with Crippen LogP contribution in [0.25, 0.3) is 0 Å². The number of nitrogens with zero attached hydrogens (tertiary/aromatic N) is 2. The van der Waals surface area contributed by atoms with Crippen LogP contribution in [0.4, 0.5) is 5.69 Å². The molecule has 6 heteroatoms. The lowest BCUT2D eigenvalue weighted by Gasteiger charge is -2.39. The summed E-state index contributed by atoms with van der Waals surface area (Å²) < 4.78 is 0. The van der Waals surface area contributed by atoms with E-state index in [4.69, 9.17) is 10.5 Å². The van der Waals surface area contributed by atoms with Crippen molar-refractivity contribution >= 4 is 12.5 Å². The average Bonchev–Trinajstić information content (AvgIpc) is 2.71. The Bertz CT molecular complexity index is 627. The van der Waals surface area contributed by atoms with Crippen LogP contribution in [0.15, 0.2) is 54.5 Å². The molecule has 29 heavy (non-hydrogen) atoms. The third kappa shape index (κ3) is 7.31. The molecule has 1 atom stereocenters. The van der Waals surface area contributed by atoms with E-state index in [-0.39, 0.29) is 7.43 Å². The van der Waals surface area contributed by atoms with Gasteiger partial charge in [-0.05, 0) is 64.0 Å². The molecule has 0 aromatic heterocycles. The second-order valence-corrected chi connectivity index (χ2v) is 7.48. The van der Waals surface area contributed by atoms with Gasteiger partial charge >= 0.3 is 0 Å². The van der Waals surface area contributed by atoms with Crippen molar-refractivity contribution in [3.05, 3.63) is 54.5 Å². The van der Waals surface area contributed by atoms with Crippen LogP contribution in [-0.4, -0.2) is 57.5 Å². The molecule has 0 saturated carbocycles. The summed E-state index contributed by atoms with van der Waals surface area (Å²) >= 11 is 0. The molecule has 4 N–H and O–H groups in total. The Balaban J connectivity index is 0.00000136. The van der Waals surface area contributed by atoms with Crippen molar-refractivity contribution in [2.75, 3.05) is 44.7 Å². The van der Waals surface area contributed by atoms with Gasteiger partial charge in [0.2, 0.25) is 0 Å². The number of rotatable bonds is 7. The Morgan fingerprint density at radius 3 is 2.55 bits per heavy atom. The number of nitrogens with two attached hydrogens (primary N) is 1. The first kappa shape index (κ1) is 24.9. The van der Waals surface area contributed by atoms with Gasteiger partial charge in [0.05, 0.1) is 0 Å². The number of likely N-dealkylation sites (N-methyl/N-ethyl adjacent to an activating group) is 1. The number of hydrogen-bond acceptors (Lipinski definition) is 6. The number of carbonyl (C=O) groups excluding carboxylic acids is 1. The molecule has 0 spiro atoms. The Morgan fingerprint density at radius 2 is 1.93 bits per heavy atom. The first-order chi connectivity index (χ1) is 13.7. The fourth-order valence-corrected chi connectivity index (χ4v) is 4.10. The number of anilines is 1. The van der Waals surface area contributed by atoms with Crippen molar-refractivity contribution in [1.82, 2.24) is 15.5 Å². The minimum atomic E-state index is 0. The first-order valence-corrected chi connectivity index (χ1v) is 10.1. The maximum absolute atomic E-state index is 8.00. The minimum Gasteiger partial charge on any atom is -0.345 e. The largest absolute Gasteiger partial charge is 0.345 e. The molecule has 0 radical (unpaired) electrons. The lowest BCUT2D eigenvalue weighted by atomic mass is 10.00. The van der Waals surface area contributed by atoms with E-state index in [9.17, 15) is 0 Å². The molecule has 1 aromatic rings. The zero-order valence-electron chi connectivity index (χ0n) is 17.1. The highest BCUT2D eigenvalue weighted by Crippen LogP contribution is 2.25. The first-order valence-electron chi connectivity index (χ1n) is 10.1. The molecule has 0 aliphatic carbocycles. The number of hydrogen-bond donors (Lipinski definition) is 3. The Labute approximate surface area is 176 Å². The molecule has 3 rings (SSSR count). The van der Waals surface area contributed by atoms with E-state index in [1.165, 1.54) is 11.4 Å². The van der Waals surface area contributed by atoms with Crippen molar-refractivity contribution in [2.24, 2.45) is 11.7 Å². The predicted octanol–water partition coefficient (Wildman–Crippen LogP) is 2.55. The summed E-state index contributed by atoms with van der Waals surface area (Å²) in [5.74, 6) is 1.48. The molecule has 2 heterocycles. The van der Waals surface area contributed by atoms with E-state index < -0.39 is 0 Å². The zero-order chi connectivity index (χ0) is 20.4. The summed E-state index contributed by atoms with van der Waals surface area (Å²) in [7, 11) is 2.17. The van der Waals surface area contributed by atoms with Crippen LogP contribution in [0.3, 0.4) is 0 Å². The fraction of sp³-hybridized carbons (Fsp3) is 0.522. The van der Waals surface area contributed by atoms with Crippen LogP contribution in [0, 0.1) is 5.92 Å². The topological polar surface area (TPSA) is 73.6 Å². The molecule has 2 aliphatic heterocycles. The monoisotopic (exact) mass is 401 g/mol. The predicted molar refractivity (Wildman–Crippen MR) is 124 cm³/mol. The van der Waals surface area contributed by atoms with Gasteiger partial charge in [0, 0.05) is 30.5 Å². The number of carbonyl (C=O) groups is 1. The van der Waals surface area contributed by atoms with Gasteiger partial charge in [0.1, 0.15) is 12.6 Å². The molecule has 1 aromatic carbocycles. The Kier molecular flexibility index (Phi) is 11.3. The highest BCUT2D eigenvalue weighted by Gasteiger charge is 2.25. The van der Waals surface area contributed by atoms with E-state index in [1.807, 2.05) is 6.79 Å². The second kappa shape index (κ2) is 13.1. The number of benzene rings is 1. The molecule has 2 aliphatic rings. The Hall–Kier alpha value is -2.15. The normalized spacial score (nSPS) is 19.8. The molecule has 162 valence electrons. The fourth-order valence-electron chi connectivity index (χ4n) is 4.10. The van der Waals surface area contributed by atoms with E-state index in [0.717, 1.165) is 57.8 Å². The van der Waals surface area contributed by atoms with Gasteiger partial charge in [0.25, 0.3) is 0 Å². The van der Waals surface area contributed by atoms with Crippen LogP contribution in [-0.2, 0) is 4.79 Å². The minimum absolute atomic E-state index is 0. The zero-order valence-corrected chi connectivity index (χ0v) is 17.1. The van der Waals surface area contributed by atoms with Crippen LogP contribution < -0.4 is 21.3 Å². The quantitative estimate of drug-likeness (QED) is 0.652. The molecule has 1 fully saturated rings. The van der Waals surface area contributed by atoms with E-state index in [1.54, 1.807) is 0 Å². The lowest BCUT2D eigenvalue weighted by Crippen LogP contribution is -2.46. The smallest absolute Gasteiger partial charge is 0.106 e. The van der Waals surface area contributed by atoms with Crippen molar-refractivity contribution < 1.29 is 4.79 Å². The number of para-hydroxylation sites is 1. The summed E-state index contributed by atoms with van der Waals surface area (Å²) in [5.41, 5.74) is 8.22. The van der Waals surface area contributed by atoms with Gasteiger partial charge < -0.3 is 31.0 Å². The van der Waals surface area contributed by atoms with Crippen molar-refractivity contribution in [3.8, 4) is 0 Å². The molecule has 1 saturated heterocycles. The van der Waals surface area contributed by atoms with Crippen molar-refractivity contribution in [2.45, 2.75) is 32.7 Å². The van der Waals surface area contributed by atoms with Gasteiger partial charge in [-0.3, -0.25) is 0 Å². The summed E-state index contributed by atoms with van der Waals surface area (Å²) in [6.07, 6.45) is 5.64. The molecule has 0 bridgehead atoms. The molecule has 6 nitrogen and oxygen atoms in total. The summed E-state index contributed by atoms with van der Waals surface area (Å²) in [4.78, 5) is 12.7. The average molecular weight is 402 g/mol. The summed E-state index contributed by atoms with van der Waals surface area (Å²) in [6.45, 7) is 11.3. The maximum atomic E-state index is 8.00. The highest BCUT2D eigenvalue weighted by molar-refractivity contribution is 5.53. The molecular weight excluding hydrogens is 362 g/mol. The summed E-state index contributed by atoms with van der Waals surface area (Å²) in [6, 6.07) is 11.1. The van der Waals surface area contributed by atoms with Crippen LogP contribution >= 0.6 is 0 Å². The standard InChI is InChI=1S/C21H33N5.CH2O.CH4/c1-17(24-19-14-18(8-11-22)15-25(2)16-19)26(20-6-4-3-5-7-20)21-9-12-23-13-10-21;1-2;/h3-7,14,18,21,23-24H,1,8-13,15-16,22H2,2H3;1H2;1H4. The molecular formula is C23H39N5O. The van der Waals surface area contributed by atoms with Crippen LogP contribution in [0.2, 0.25) is 0 Å². The number of piperidine rings is 1. The van der Waals surface area contributed by atoms with Crippen LogP contribution in [0.5, 0.6) is 0 Å². The molecule has 0 amide bonds. The van der Waals surface area contributed by atoms with E-state index in [0.29, 0.717) is 12.0 Å². The SMILES string of the molecule is C.C=C(NC1=CC(CCN)CN(C)C1)N(c1ccccc1)C1CCNCC1.C=O. The third-order valence-corrected chi connectivity index (χ3v) is 5.26. The Morgan fingerprint density at radius 1 is 1.28 bits per heavy atom. The van der Waals surface area contributed by atoms with E-state index >= 15 is 0 Å². The van der Waals surface area contributed by atoms with Crippen LogP contribution in [0.1, 0.15) is 26.7 Å². The molecule has 1 unspecified atom stereocenters. The lowest BCUT2D eigenvalue weighted by molar-refractivity contribution is -0.0979. The van der Waals surface area contributed by atoms with E-state index in [2.05, 4.69) is 70.5 Å². The van der Waals surface area contributed by atoms with Gasteiger partial charge in [-0.25, -0.2) is 0 Å². The second-order valence-electron chi connectivity index (χ2n) is 7.48. The highest BCUT2D eigenvalue weighted by atomic mass is 16.1. The van der Waals surface area contributed by atoms with Gasteiger partial charge in [-0.15, -0.1) is 0 Å². The summed E-state index contributed by atoms with van der Waals surface area (Å²) in [5, 5.41) is 7.08. The van der Waals surface area contributed by atoms with Crippen molar-refractivity contribution in [1.29, 1.82) is 0 Å². The maximum Gasteiger partial charge on any atom is 0.106 e. The van der Waals surface area contributed by atoms with Gasteiger partial charge in [-0.2, -0.15) is 0 Å². The third-order valence-electron chi connectivity index (χ3n) is 5.26.